The van der Waals surface area contributed by atoms with Crippen LogP contribution >= 0.6 is 0 Å². The largest absolute Gasteiger partial charge is 0.507 e. The van der Waals surface area contributed by atoms with Gasteiger partial charge < -0.3 is 10.2 Å². The fourth-order valence-electron chi connectivity index (χ4n) is 5.62. The number of hydrogen-bond acceptors (Lipinski definition) is 3. The van der Waals surface area contributed by atoms with E-state index in [4.69, 9.17) is 0 Å². The van der Waals surface area contributed by atoms with Crippen molar-refractivity contribution in [3.8, 4) is 11.5 Å². The number of aryl methyl sites for hydroxylation is 5. The predicted molar refractivity (Wildman–Crippen MR) is 156 cm³/mol. The predicted octanol–water partition coefficient (Wildman–Crippen LogP) is 8.13. The van der Waals surface area contributed by atoms with E-state index in [1.54, 1.807) is 0 Å². The molecule has 0 radical (unpaired) electrons. The van der Waals surface area contributed by atoms with Crippen LogP contribution in [0.2, 0.25) is 0 Å². The summed E-state index contributed by atoms with van der Waals surface area (Å²) in [5, 5.41) is 21.0. The van der Waals surface area contributed by atoms with Crippen LogP contribution in [0, 0.1) is 34.6 Å². The van der Waals surface area contributed by atoms with E-state index >= 15 is 0 Å². The number of aromatic hydroxyl groups is 2. The maximum Gasteiger partial charge on any atom is 0.150 e. The van der Waals surface area contributed by atoms with Crippen molar-refractivity contribution in [1.82, 2.24) is 0 Å². The molecule has 38 heavy (non-hydrogen) atoms. The first kappa shape index (κ1) is 27.2. The van der Waals surface area contributed by atoms with Gasteiger partial charge in [-0.15, -0.1) is 0 Å². The number of hydrogen-bond donors (Lipinski definition) is 2. The van der Waals surface area contributed by atoms with Crippen molar-refractivity contribution in [2.24, 2.45) is 0 Å². The minimum atomic E-state index is -0.525. The SMILES string of the molecule is Cc1cc(C=O)cc(C(C)(C)c2ccc(C(C)(c3cc(C)c(O)c(C)c3)c3cc(C)c(O)c(C)c3)cc2)c1. The molecule has 0 heterocycles. The smallest absolute Gasteiger partial charge is 0.150 e. The van der Waals surface area contributed by atoms with Crippen molar-refractivity contribution in [2.45, 2.75) is 66.2 Å². The number of phenolic OH excluding ortho intramolecular Hbond substituents is 2. The molecule has 4 aromatic carbocycles. The van der Waals surface area contributed by atoms with Gasteiger partial charge in [0, 0.05) is 16.4 Å². The monoisotopic (exact) mass is 506 g/mol. The van der Waals surface area contributed by atoms with E-state index in [-0.39, 0.29) is 5.41 Å². The van der Waals surface area contributed by atoms with E-state index in [1.807, 2.05) is 46.8 Å². The van der Waals surface area contributed by atoms with Crippen LogP contribution in [0.5, 0.6) is 11.5 Å². The zero-order valence-electron chi connectivity index (χ0n) is 23.7. The van der Waals surface area contributed by atoms with Gasteiger partial charge in [-0.05, 0) is 104 Å². The van der Waals surface area contributed by atoms with Crippen LogP contribution in [0.3, 0.4) is 0 Å². The van der Waals surface area contributed by atoms with Crippen LogP contribution < -0.4 is 0 Å². The van der Waals surface area contributed by atoms with E-state index in [9.17, 15) is 15.0 Å². The molecule has 0 fully saturated rings. The van der Waals surface area contributed by atoms with Gasteiger partial charge in [-0.25, -0.2) is 0 Å². The summed E-state index contributed by atoms with van der Waals surface area (Å²) in [7, 11) is 0. The van der Waals surface area contributed by atoms with E-state index in [1.165, 1.54) is 0 Å². The van der Waals surface area contributed by atoms with Crippen LogP contribution in [0.15, 0.2) is 66.7 Å². The topological polar surface area (TPSA) is 57.5 Å². The van der Waals surface area contributed by atoms with Crippen LogP contribution in [0.4, 0.5) is 0 Å². The molecule has 0 aliphatic rings. The first-order valence-electron chi connectivity index (χ1n) is 13.1. The molecule has 0 spiro atoms. The Morgan fingerprint density at radius 1 is 0.553 bits per heavy atom. The quantitative estimate of drug-likeness (QED) is 0.205. The standard InChI is InChI=1S/C35H38O3/c1-21-13-26(20-36)19-29(14-21)34(6,7)27-9-11-28(12-10-27)35(8,30-15-22(2)32(37)23(3)16-30)31-17-24(4)33(38)25(5)18-31/h9-20,37-38H,1-8H3. The van der Waals surface area contributed by atoms with Gasteiger partial charge in [0.05, 0.1) is 0 Å². The van der Waals surface area contributed by atoms with Crippen molar-refractivity contribution in [3.05, 3.63) is 128 Å². The average molecular weight is 507 g/mol. The van der Waals surface area contributed by atoms with Crippen LogP contribution in [0.1, 0.15) is 86.8 Å². The van der Waals surface area contributed by atoms with E-state index in [2.05, 4.69) is 75.4 Å². The molecule has 0 aliphatic carbocycles. The minimum Gasteiger partial charge on any atom is -0.507 e. The highest BCUT2D eigenvalue weighted by atomic mass is 16.3. The zero-order chi connectivity index (χ0) is 28.0. The summed E-state index contributed by atoms with van der Waals surface area (Å²) in [5.41, 5.74) is 9.81. The molecule has 0 aliphatic heterocycles. The Bertz CT molecular complexity index is 1420. The van der Waals surface area contributed by atoms with Gasteiger partial charge in [-0.2, -0.15) is 0 Å². The van der Waals surface area contributed by atoms with Gasteiger partial charge in [0.1, 0.15) is 17.8 Å². The molecule has 4 aromatic rings. The van der Waals surface area contributed by atoms with Gasteiger partial charge in [0.25, 0.3) is 0 Å². The molecule has 4 rings (SSSR count). The third kappa shape index (κ3) is 4.62. The summed E-state index contributed by atoms with van der Waals surface area (Å²) in [6.45, 7) is 16.3. The summed E-state index contributed by atoms with van der Waals surface area (Å²) in [6, 6.07) is 23.0. The third-order valence-corrected chi connectivity index (χ3v) is 8.28. The third-order valence-electron chi connectivity index (χ3n) is 8.28. The second kappa shape index (κ2) is 9.79. The molecule has 2 N–H and O–H groups in total. The lowest BCUT2D eigenvalue weighted by atomic mass is 9.69. The average Bonchev–Trinajstić information content (AvgIpc) is 2.88. The molecule has 0 atom stereocenters. The van der Waals surface area contributed by atoms with Crippen LogP contribution in [0.25, 0.3) is 0 Å². The summed E-state index contributed by atoms with van der Waals surface area (Å²) in [5.74, 6) is 0.637. The normalized spacial score (nSPS) is 12.0. The van der Waals surface area contributed by atoms with Crippen molar-refractivity contribution in [2.75, 3.05) is 0 Å². The van der Waals surface area contributed by atoms with Crippen molar-refractivity contribution < 1.29 is 15.0 Å². The Hall–Kier alpha value is -3.85. The first-order valence-corrected chi connectivity index (χ1v) is 13.1. The Morgan fingerprint density at radius 2 is 0.974 bits per heavy atom. The van der Waals surface area contributed by atoms with Crippen LogP contribution in [-0.2, 0) is 10.8 Å². The van der Waals surface area contributed by atoms with E-state index in [0.29, 0.717) is 17.1 Å². The molecular weight excluding hydrogens is 468 g/mol. The lowest BCUT2D eigenvalue weighted by Crippen LogP contribution is -2.27. The maximum atomic E-state index is 11.5. The number of phenols is 2. The van der Waals surface area contributed by atoms with Gasteiger partial charge in [-0.3, -0.25) is 4.79 Å². The number of benzene rings is 4. The highest BCUT2D eigenvalue weighted by molar-refractivity contribution is 5.76. The highest BCUT2D eigenvalue weighted by Gasteiger charge is 2.34. The van der Waals surface area contributed by atoms with E-state index < -0.39 is 5.41 Å². The summed E-state index contributed by atoms with van der Waals surface area (Å²) in [4.78, 5) is 11.5. The van der Waals surface area contributed by atoms with Crippen molar-refractivity contribution >= 4 is 6.29 Å². The molecular formula is C35H38O3. The number of rotatable bonds is 6. The second-order valence-electron chi connectivity index (χ2n) is 11.5. The van der Waals surface area contributed by atoms with Crippen molar-refractivity contribution in [3.63, 3.8) is 0 Å². The summed E-state index contributed by atoms with van der Waals surface area (Å²) >= 11 is 0. The maximum absolute atomic E-state index is 11.5. The Morgan fingerprint density at radius 3 is 1.39 bits per heavy atom. The number of aldehydes is 1. The molecule has 0 saturated carbocycles. The van der Waals surface area contributed by atoms with Gasteiger partial charge in [0.15, 0.2) is 0 Å². The number of carbonyl (C=O) groups excluding carboxylic acids is 1. The first-order chi connectivity index (χ1) is 17.8. The molecule has 3 nitrogen and oxygen atoms in total. The molecule has 0 amide bonds. The zero-order valence-corrected chi connectivity index (χ0v) is 23.7. The minimum absolute atomic E-state index is 0.295. The van der Waals surface area contributed by atoms with E-state index in [0.717, 1.165) is 61.9 Å². The molecule has 0 aromatic heterocycles. The summed E-state index contributed by atoms with van der Waals surface area (Å²) < 4.78 is 0. The Balaban J connectivity index is 1.90. The Labute approximate surface area is 226 Å². The molecule has 3 heteroatoms. The fraction of sp³-hybridized carbons (Fsp3) is 0.286. The van der Waals surface area contributed by atoms with Gasteiger partial charge >= 0.3 is 0 Å². The van der Waals surface area contributed by atoms with Crippen LogP contribution in [-0.4, -0.2) is 16.5 Å². The molecule has 0 unspecified atom stereocenters. The summed E-state index contributed by atoms with van der Waals surface area (Å²) in [6.07, 6.45) is 0.907. The molecule has 0 bridgehead atoms. The van der Waals surface area contributed by atoms with Crippen molar-refractivity contribution in [1.29, 1.82) is 0 Å². The lowest BCUT2D eigenvalue weighted by molar-refractivity contribution is 0.112. The highest BCUT2D eigenvalue weighted by Crippen LogP contribution is 2.44. The van der Waals surface area contributed by atoms with Gasteiger partial charge in [0.2, 0.25) is 0 Å². The molecule has 196 valence electrons. The fourth-order valence-corrected chi connectivity index (χ4v) is 5.62. The lowest BCUT2D eigenvalue weighted by Gasteiger charge is -2.34. The Kier molecular flexibility index (Phi) is 7.01. The number of carbonyl (C=O) groups is 1. The molecule has 0 saturated heterocycles. The second-order valence-corrected chi connectivity index (χ2v) is 11.5. The van der Waals surface area contributed by atoms with Gasteiger partial charge in [-0.1, -0.05) is 74.0 Å².